The minimum absolute atomic E-state index is 0.0216. The lowest BCUT2D eigenvalue weighted by Crippen LogP contribution is -2.49. The molecule has 1 aromatic heterocycles. The molecule has 8 heteroatoms. The predicted octanol–water partition coefficient (Wildman–Crippen LogP) is 1.89. The molecule has 3 aromatic rings. The van der Waals surface area contributed by atoms with Gasteiger partial charge >= 0.3 is 11.7 Å². The lowest BCUT2D eigenvalue weighted by atomic mass is 10.0. The highest BCUT2D eigenvalue weighted by Crippen LogP contribution is 2.18. The van der Waals surface area contributed by atoms with E-state index in [2.05, 4.69) is 10.3 Å². The van der Waals surface area contributed by atoms with Crippen LogP contribution in [0.2, 0.25) is 0 Å². The van der Waals surface area contributed by atoms with Gasteiger partial charge in [-0.05, 0) is 30.0 Å². The molecule has 1 amide bonds. The Morgan fingerprint density at radius 3 is 2.30 bits per heavy atom. The standard InChI is InChI=1S/C22H23N3O5/c1-13(2)12-17(21(28)29)23-19(26)18(14-8-4-3-5-9-14)25-20(27)15-10-6-7-11-16(15)24-22(25)30/h3-11,13,17-18H,12H2,1-2H3,(H,23,26)(H,24,30)(H,28,29)/t17-,18-/m0/s1. The molecule has 3 N–H and O–H groups in total. The molecule has 0 saturated heterocycles. The van der Waals surface area contributed by atoms with Gasteiger partial charge in [-0.2, -0.15) is 0 Å². The molecular formula is C22H23N3O5. The summed E-state index contributed by atoms with van der Waals surface area (Å²) in [6.45, 7) is 3.69. The highest BCUT2D eigenvalue weighted by Gasteiger charge is 2.30. The molecule has 0 unspecified atom stereocenters. The lowest BCUT2D eigenvalue weighted by Gasteiger charge is -2.23. The quantitative estimate of drug-likeness (QED) is 0.550. The molecular weight excluding hydrogens is 386 g/mol. The van der Waals surface area contributed by atoms with Gasteiger partial charge in [-0.25, -0.2) is 14.2 Å². The summed E-state index contributed by atoms with van der Waals surface area (Å²) in [7, 11) is 0. The maximum atomic E-state index is 13.2. The van der Waals surface area contributed by atoms with Crippen LogP contribution in [0.1, 0.15) is 31.9 Å². The number of aromatic amines is 1. The number of rotatable bonds is 7. The summed E-state index contributed by atoms with van der Waals surface area (Å²) in [5.41, 5.74) is -0.627. The molecule has 156 valence electrons. The highest BCUT2D eigenvalue weighted by molar-refractivity contribution is 5.88. The first-order valence-electron chi connectivity index (χ1n) is 9.61. The number of aliphatic carboxylic acids is 1. The van der Waals surface area contributed by atoms with E-state index in [0.717, 1.165) is 4.57 Å². The van der Waals surface area contributed by atoms with Gasteiger partial charge in [0.05, 0.1) is 10.9 Å². The van der Waals surface area contributed by atoms with Crippen LogP contribution in [-0.2, 0) is 9.59 Å². The molecule has 0 fully saturated rings. The summed E-state index contributed by atoms with van der Waals surface area (Å²) in [5, 5.41) is 12.2. The maximum Gasteiger partial charge on any atom is 0.329 e. The first-order chi connectivity index (χ1) is 14.3. The van der Waals surface area contributed by atoms with Crippen molar-refractivity contribution in [3.63, 3.8) is 0 Å². The molecule has 0 saturated carbocycles. The summed E-state index contributed by atoms with van der Waals surface area (Å²) in [4.78, 5) is 53.3. The van der Waals surface area contributed by atoms with Gasteiger partial charge in [0.1, 0.15) is 12.1 Å². The van der Waals surface area contributed by atoms with E-state index in [-0.39, 0.29) is 17.7 Å². The smallest absolute Gasteiger partial charge is 0.329 e. The van der Waals surface area contributed by atoms with Crippen LogP contribution >= 0.6 is 0 Å². The van der Waals surface area contributed by atoms with Gasteiger partial charge in [0.2, 0.25) is 5.91 Å². The molecule has 2 aromatic carbocycles. The fourth-order valence-electron chi connectivity index (χ4n) is 3.41. The number of amides is 1. The van der Waals surface area contributed by atoms with Gasteiger partial charge in [0.15, 0.2) is 0 Å². The van der Waals surface area contributed by atoms with Gasteiger partial charge in [0, 0.05) is 0 Å². The molecule has 1 heterocycles. The van der Waals surface area contributed by atoms with Crippen molar-refractivity contribution in [2.24, 2.45) is 5.92 Å². The molecule has 2 atom stereocenters. The van der Waals surface area contributed by atoms with Crippen molar-refractivity contribution in [3.05, 3.63) is 81.0 Å². The summed E-state index contributed by atoms with van der Waals surface area (Å²) >= 11 is 0. The fourth-order valence-corrected chi connectivity index (χ4v) is 3.41. The molecule has 0 bridgehead atoms. The number of nitrogens with zero attached hydrogens (tertiary/aromatic N) is 1. The summed E-state index contributed by atoms with van der Waals surface area (Å²) in [6, 6.07) is 12.4. The summed E-state index contributed by atoms with van der Waals surface area (Å²) in [6.07, 6.45) is 0.214. The predicted molar refractivity (Wildman–Crippen MR) is 112 cm³/mol. The number of para-hydroxylation sites is 1. The summed E-state index contributed by atoms with van der Waals surface area (Å²) < 4.78 is 0.835. The average Bonchev–Trinajstić information content (AvgIpc) is 2.70. The fraction of sp³-hybridized carbons (Fsp3) is 0.273. The van der Waals surface area contributed by atoms with Crippen LogP contribution in [0.5, 0.6) is 0 Å². The van der Waals surface area contributed by atoms with Crippen molar-refractivity contribution >= 4 is 22.8 Å². The number of hydrogen-bond donors (Lipinski definition) is 3. The van der Waals surface area contributed by atoms with E-state index in [1.165, 1.54) is 0 Å². The van der Waals surface area contributed by atoms with Crippen LogP contribution in [0, 0.1) is 5.92 Å². The molecule has 3 rings (SSSR count). The number of aromatic nitrogens is 2. The van der Waals surface area contributed by atoms with E-state index in [0.29, 0.717) is 11.1 Å². The zero-order chi connectivity index (χ0) is 21.8. The first kappa shape index (κ1) is 21.0. The Morgan fingerprint density at radius 2 is 1.67 bits per heavy atom. The zero-order valence-corrected chi connectivity index (χ0v) is 16.7. The first-order valence-corrected chi connectivity index (χ1v) is 9.61. The van der Waals surface area contributed by atoms with Gasteiger partial charge in [-0.1, -0.05) is 56.3 Å². The van der Waals surface area contributed by atoms with Crippen LogP contribution in [0.15, 0.2) is 64.2 Å². The van der Waals surface area contributed by atoms with Crippen molar-refractivity contribution in [2.45, 2.75) is 32.4 Å². The lowest BCUT2D eigenvalue weighted by molar-refractivity contribution is -0.142. The molecule has 8 nitrogen and oxygen atoms in total. The maximum absolute atomic E-state index is 13.2. The van der Waals surface area contributed by atoms with Crippen molar-refractivity contribution in [3.8, 4) is 0 Å². The molecule has 0 aliphatic rings. The van der Waals surface area contributed by atoms with Crippen molar-refractivity contribution in [1.82, 2.24) is 14.9 Å². The van der Waals surface area contributed by atoms with Crippen LogP contribution in [-0.4, -0.2) is 32.6 Å². The Labute approximate surface area is 172 Å². The number of carbonyl (C=O) groups excluding carboxylic acids is 1. The number of hydrogen-bond acceptors (Lipinski definition) is 4. The number of carboxylic acid groups (broad SMARTS) is 1. The van der Waals surface area contributed by atoms with E-state index < -0.39 is 35.2 Å². The second kappa shape index (κ2) is 8.77. The monoisotopic (exact) mass is 409 g/mol. The van der Waals surface area contributed by atoms with Crippen molar-refractivity contribution in [2.75, 3.05) is 0 Å². The van der Waals surface area contributed by atoms with Crippen LogP contribution in [0.3, 0.4) is 0 Å². The molecule has 0 aliphatic heterocycles. The second-order valence-corrected chi connectivity index (χ2v) is 7.49. The molecule has 0 radical (unpaired) electrons. The topological polar surface area (TPSA) is 121 Å². The van der Waals surface area contributed by atoms with Crippen LogP contribution in [0.4, 0.5) is 0 Å². The Morgan fingerprint density at radius 1 is 1.03 bits per heavy atom. The minimum Gasteiger partial charge on any atom is -0.480 e. The van der Waals surface area contributed by atoms with Crippen molar-refractivity contribution in [1.29, 1.82) is 0 Å². The number of nitrogens with one attached hydrogen (secondary N) is 2. The Balaban J connectivity index is 2.15. The number of H-pyrrole nitrogens is 1. The van der Waals surface area contributed by atoms with Crippen molar-refractivity contribution < 1.29 is 14.7 Å². The zero-order valence-electron chi connectivity index (χ0n) is 16.7. The average molecular weight is 409 g/mol. The van der Waals surface area contributed by atoms with Gasteiger partial charge in [-0.3, -0.25) is 9.59 Å². The van der Waals surface area contributed by atoms with E-state index in [4.69, 9.17) is 0 Å². The van der Waals surface area contributed by atoms with E-state index >= 15 is 0 Å². The number of carbonyl (C=O) groups is 2. The minimum atomic E-state index is -1.32. The second-order valence-electron chi connectivity index (χ2n) is 7.49. The third-order valence-electron chi connectivity index (χ3n) is 4.78. The van der Waals surface area contributed by atoms with Gasteiger partial charge in [-0.15, -0.1) is 0 Å². The van der Waals surface area contributed by atoms with Gasteiger partial charge in [0.25, 0.3) is 5.56 Å². The largest absolute Gasteiger partial charge is 0.480 e. The summed E-state index contributed by atoms with van der Waals surface area (Å²) in [5.74, 6) is -1.89. The SMILES string of the molecule is CC(C)C[C@H](NC(=O)[C@H](c1ccccc1)n1c(=O)[nH]c2ccccc2c1=O)C(=O)O. The third kappa shape index (κ3) is 4.32. The van der Waals surface area contributed by atoms with E-state index in [1.54, 1.807) is 54.6 Å². The Hall–Kier alpha value is -3.68. The number of fused-ring (bicyclic) bond motifs is 1. The third-order valence-corrected chi connectivity index (χ3v) is 4.78. The van der Waals surface area contributed by atoms with E-state index in [1.807, 2.05) is 13.8 Å². The number of benzene rings is 2. The van der Waals surface area contributed by atoms with Gasteiger partial charge < -0.3 is 15.4 Å². The number of carboxylic acids is 1. The Bertz CT molecular complexity index is 1180. The Kier molecular flexibility index (Phi) is 6.15. The highest BCUT2D eigenvalue weighted by atomic mass is 16.4. The van der Waals surface area contributed by atoms with Crippen LogP contribution in [0.25, 0.3) is 10.9 Å². The van der Waals surface area contributed by atoms with Crippen LogP contribution < -0.4 is 16.6 Å². The van der Waals surface area contributed by atoms with E-state index in [9.17, 15) is 24.3 Å². The molecule has 0 spiro atoms. The normalized spacial score (nSPS) is 13.2. The molecule has 30 heavy (non-hydrogen) atoms. The molecule has 0 aliphatic carbocycles.